The third-order valence-corrected chi connectivity index (χ3v) is 7.81. The molecule has 1 aromatic carbocycles. The molecule has 0 bridgehead atoms. The van der Waals surface area contributed by atoms with Gasteiger partial charge in [-0.15, -0.1) is 0 Å². The van der Waals surface area contributed by atoms with Gasteiger partial charge < -0.3 is 24.7 Å². The first-order valence-electron chi connectivity index (χ1n) is 12.0. The van der Waals surface area contributed by atoms with Crippen LogP contribution in [0.2, 0.25) is 0 Å². The summed E-state index contributed by atoms with van der Waals surface area (Å²) in [4.78, 5) is 24.7. The van der Waals surface area contributed by atoms with E-state index in [-0.39, 0.29) is 36.5 Å². The first kappa shape index (κ1) is 27.6. The number of rotatable bonds is 11. The van der Waals surface area contributed by atoms with Gasteiger partial charge in [-0.2, -0.15) is 5.09 Å². The second-order valence-corrected chi connectivity index (χ2v) is 10.8. The molecule has 204 valence electrons. The molecule has 0 saturated heterocycles. The first-order valence-corrected chi connectivity index (χ1v) is 13.5. The molecule has 14 heteroatoms. The van der Waals surface area contributed by atoms with Crippen molar-refractivity contribution in [2.24, 2.45) is 11.8 Å². The predicted molar refractivity (Wildman–Crippen MR) is 136 cm³/mol. The quantitative estimate of drug-likeness (QED) is 0.238. The molecule has 5 atom stereocenters. The summed E-state index contributed by atoms with van der Waals surface area (Å²) in [6, 6.07) is 6.62. The number of ether oxygens (including phenoxy) is 1. The highest BCUT2D eigenvalue weighted by atomic mass is 31.2. The lowest BCUT2D eigenvalue weighted by molar-refractivity contribution is -0.149. The van der Waals surface area contributed by atoms with Gasteiger partial charge in [-0.3, -0.25) is 9.32 Å². The minimum atomic E-state index is -4.17. The standard InChI is InChI=1S/C24H30FN6O6P/c1-14(2)36-24(33)15(3)30-38(34,37-16-7-5-4-6-8-16)35-11-19-17(9-25)21(18(19)10-32)31-13-29-20-22(26)27-12-28-23(20)31/h4-9,12-15,18-19,21,32H,10-11H2,1-3H3,(H,30,34)(H2,26,27,28)/b17-9-/t15-,18-,19-,21+,38?/m0/s1. The van der Waals surface area contributed by atoms with Crippen molar-refractivity contribution in [3.63, 3.8) is 0 Å². The number of anilines is 1. The van der Waals surface area contributed by atoms with Crippen molar-refractivity contribution in [2.75, 3.05) is 18.9 Å². The lowest BCUT2D eigenvalue weighted by Crippen LogP contribution is -2.46. The van der Waals surface area contributed by atoms with Crippen molar-refractivity contribution in [1.82, 2.24) is 24.6 Å². The molecule has 0 aliphatic heterocycles. The number of imidazole rings is 1. The van der Waals surface area contributed by atoms with E-state index < -0.39 is 37.6 Å². The van der Waals surface area contributed by atoms with Crippen LogP contribution in [0.15, 0.2) is 54.9 Å². The molecule has 38 heavy (non-hydrogen) atoms. The summed E-state index contributed by atoms with van der Waals surface area (Å²) in [5.41, 5.74) is 6.89. The molecule has 2 heterocycles. The molecule has 1 aliphatic carbocycles. The monoisotopic (exact) mass is 548 g/mol. The van der Waals surface area contributed by atoms with Crippen LogP contribution in [0.25, 0.3) is 11.2 Å². The number of esters is 1. The number of aliphatic hydroxyl groups excluding tert-OH is 1. The summed E-state index contributed by atoms with van der Waals surface area (Å²) in [6.07, 6.45) is 2.78. The Hall–Kier alpha value is -3.38. The van der Waals surface area contributed by atoms with E-state index in [1.54, 1.807) is 48.7 Å². The number of benzene rings is 1. The number of halogens is 1. The number of nitrogens with zero attached hydrogens (tertiary/aromatic N) is 4. The zero-order chi connectivity index (χ0) is 27.4. The fraction of sp³-hybridized carbons (Fsp3) is 0.417. The molecule has 1 unspecified atom stereocenters. The Kier molecular flexibility index (Phi) is 8.41. The molecular weight excluding hydrogens is 518 g/mol. The third kappa shape index (κ3) is 5.70. The largest absolute Gasteiger partial charge is 0.462 e. The Balaban J connectivity index is 1.54. The Morgan fingerprint density at radius 1 is 1.26 bits per heavy atom. The van der Waals surface area contributed by atoms with E-state index >= 15 is 0 Å². The topological polar surface area (TPSA) is 164 Å². The number of fused-ring (bicyclic) bond motifs is 1. The molecule has 1 aliphatic rings. The summed E-state index contributed by atoms with van der Waals surface area (Å²) in [7, 11) is -4.17. The van der Waals surface area contributed by atoms with Gasteiger partial charge in [-0.05, 0) is 38.5 Å². The normalized spacial score (nSPS) is 22.7. The number of carbonyl (C=O) groups is 1. The van der Waals surface area contributed by atoms with Crippen LogP contribution < -0.4 is 15.3 Å². The van der Waals surface area contributed by atoms with Crippen molar-refractivity contribution in [2.45, 2.75) is 39.0 Å². The summed E-state index contributed by atoms with van der Waals surface area (Å²) in [5.74, 6) is -1.41. The highest BCUT2D eigenvalue weighted by Gasteiger charge is 2.49. The van der Waals surface area contributed by atoms with Crippen LogP contribution in [0.3, 0.4) is 0 Å². The van der Waals surface area contributed by atoms with Crippen molar-refractivity contribution < 1.29 is 32.6 Å². The van der Waals surface area contributed by atoms with Crippen LogP contribution in [-0.4, -0.2) is 56.0 Å². The van der Waals surface area contributed by atoms with E-state index in [9.17, 15) is 18.9 Å². The van der Waals surface area contributed by atoms with Crippen LogP contribution in [0.1, 0.15) is 26.8 Å². The Bertz CT molecular complexity index is 1350. The highest BCUT2D eigenvalue weighted by Crippen LogP contribution is 2.53. The van der Waals surface area contributed by atoms with Crippen LogP contribution >= 0.6 is 7.75 Å². The van der Waals surface area contributed by atoms with Crippen molar-refractivity contribution >= 4 is 30.7 Å². The zero-order valence-corrected chi connectivity index (χ0v) is 22.0. The molecule has 1 saturated carbocycles. The smallest absolute Gasteiger partial charge is 0.459 e. The van der Waals surface area contributed by atoms with Gasteiger partial charge in [-0.1, -0.05) is 18.2 Å². The van der Waals surface area contributed by atoms with Crippen LogP contribution in [-0.2, 0) is 18.6 Å². The van der Waals surface area contributed by atoms with E-state index in [2.05, 4.69) is 20.0 Å². The third-order valence-electron chi connectivity index (χ3n) is 6.17. The minimum absolute atomic E-state index is 0.175. The first-order chi connectivity index (χ1) is 18.2. The number of nitrogens with two attached hydrogens (primary N) is 1. The number of para-hydroxylation sites is 1. The van der Waals surface area contributed by atoms with Gasteiger partial charge in [-0.25, -0.2) is 23.9 Å². The van der Waals surface area contributed by atoms with Crippen molar-refractivity contribution in [1.29, 1.82) is 0 Å². The molecule has 0 amide bonds. The summed E-state index contributed by atoms with van der Waals surface area (Å²) in [5, 5.41) is 12.8. The molecular formula is C24H30FN6O6P. The van der Waals surface area contributed by atoms with Gasteiger partial charge in [0.15, 0.2) is 11.5 Å². The number of carbonyl (C=O) groups excluding carboxylic acids is 1. The van der Waals surface area contributed by atoms with Gasteiger partial charge in [0.05, 0.1) is 31.4 Å². The van der Waals surface area contributed by atoms with Crippen LogP contribution in [0.4, 0.5) is 10.2 Å². The molecule has 3 aromatic rings. The van der Waals surface area contributed by atoms with E-state index in [4.69, 9.17) is 19.5 Å². The molecule has 2 aromatic heterocycles. The average Bonchev–Trinajstić information content (AvgIpc) is 3.28. The number of hydrogen-bond acceptors (Lipinski definition) is 10. The van der Waals surface area contributed by atoms with E-state index in [1.165, 1.54) is 19.6 Å². The lowest BCUT2D eigenvalue weighted by Gasteiger charge is -2.46. The Labute approximate surface area is 218 Å². The van der Waals surface area contributed by atoms with E-state index in [0.717, 1.165) is 0 Å². The van der Waals surface area contributed by atoms with Gasteiger partial charge in [0.2, 0.25) is 0 Å². The van der Waals surface area contributed by atoms with E-state index in [1.807, 2.05) is 0 Å². The second kappa shape index (κ2) is 11.6. The molecule has 1 fully saturated rings. The number of aliphatic hydroxyl groups is 1. The SMILES string of the molecule is CC(C)OC(=O)[C@H](C)NP(=O)(OC[C@H]1/C(=C/F)[C@@H](n2cnc3c(N)ncnc32)[C@H]1CO)Oc1ccccc1. The van der Waals surface area contributed by atoms with Gasteiger partial charge >= 0.3 is 13.7 Å². The predicted octanol–water partition coefficient (Wildman–Crippen LogP) is 3.17. The number of aromatic nitrogens is 4. The van der Waals surface area contributed by atoms with Gasteiger partial charge in [0, 0.05) is 18.4 Å². The zero-order valence-electron chi connectivity index (χ0n) is 21.1. The second-order valence-electron chi connectivity index (χ2n) is 9.12. The maximum absolute atomic E-state index is 14.2. The fourth-order valence-corrected chi connectivity index (χ4v) is 5.88. The Morgan fingerprint density at radius 2 is 2.00 bits per heavy atom. The number of nitrogen functional groups attached to an aromatic ring is 1. The number of nitrogens with one attached hydrogen (secondary N) is 1. The summed E-state index contributed by atoms with van der Waals surface area (Å²) in [6.45, 7) is 4.25. The lowest BCUT2D eigenvalue weighted by atomic mass is 9.66. The highest BCUT2D eigenvalue weighted by molar-refractivity contribution is 7.52. The number of hydrogen-bond donors (Lipinski definition) is 3. The fourth-order valence-electron chi connectivity index (χ4n) is 4.36. The summed E-state index contributed by atoms with van der Waals surface area (Å²) >= 11 is 0. The summed E-state index contributed by atoms with van der Waals surface area (Å²) < 4.78 is 46.1. The Morgan fingerprint density at radius 3 is 2.66 bits per heavy atom. The molecule has 4 rings (SSSR count). The van der Waals surface area contributed by atoms with Gasteiger partial charge in [0.25, 0.3) is 0 Å². The molecule has 0 radical (unpaired) electrons. The molecule has 4 N–H and O–H groups in total. The minimum Gasteiger partial charge on any atom is -0.462 e. The maximum Gasteiger partial charge on any atom is 0.459 e. The van der Waals surface area contributed by atoms with Crippen LogP contribution in [0.5, 0.6) is 5.75 Å². The van der Waals surface area contributed by atoms with Crippen molar-refractivity contribution in [3.05, 3.63) is 54.9 Å². The molecule has 12 nitrogen and oxygen atoms in total. The van der Waals surface area contributed by atoms with Crippen molar-refractivity contribution in [3.8, 4) is 5.75 Å². The van der Waals surface area contributed by atoms with Gasteiger partial charge in [0.1, 0.15) is 23.6 Å². The average molecular weight is 549 g/mol. The maximum atomic E-state index is 14.2. The van der Waals surface area contributed by atoms with Crippen LogP contribution in [0, 0.1) is 11.8 Å². The van der Waals surface area contributed by atoms with E-state index in [0.29, 0.717) is 17.5 Å². The molecule has 0 spiro atoms.